The molecule has 3 unspecified atom stereocenters. The summed E-state index contributed by atoms with van der Waals surface area (Å²) in [5.74, 6) is 2.58. The average Bonchev–Trinajstić information content (AvgIpc) is 3.24. The molecular weight excluding hydrogens is 457 g/mol. The van der Waals surface area contributed by atoms with E-state index in [0.29, 0.717) is 37.2 Å². The average molecular weight is 485 g/mol. The van der Waals surface area contributed by atoms with Crippen LogP contribution in [-0.4, -0.2) is 37.9 Å². The molecule has 0 radical (unpaired) electrons. The quantitative estimate of drug-likeness (QED) is 0.381. The summed E-state index contributed by atoms with van der Waals surface area (Å²) >= 11 is 0. The first-order valence-corrected chi connectivity index (χ1v) is 9.88. The van der Waals surface area contributed by atoms with E-state index in [1.54, 1.807) is 0 Å². The molecule has 1 saturated heterocycles. The minimum atomic E-state index is 0. The molecule has 0 amide bonds. The van der Waals surface area contributed by atoms with Crippen LogP contribution < -0.4 is 20.5 Å². The van der Waals surface area contributed by atoms with E-state index in [9.17, 15) is 0 Å². The van der Waals surface area contributed by atoms with Crippen LogP contribution >= 0.6 is 24.0 Å². The third-order valence-electron chi connectivity index (χ3n) is 6.53. The van der Waals surface area contributed by atoms with Gasteiger partial charge in [-0.2, -0.15) is 0 Å². The van der Waals surface area contributed by atoms with Crippen LogP contribution in [0.2, 0.25) is 0 Å². The Morgan fingerprint density at radius 1 is 1.07 bits per heavy atom. The molecule has 4 aliphatic rings. The second-order valence-corrected chi connectivity index (χ2v) is 7.98. The number of nitrogens with two attached hydrogens (primary N) is 1. The highest BCUT2D eigenvalue weighted by Crippen LogP contribution is 2.62. The van der Waals surface area contributed by atoms with Crippen LogP contribution in [0, 0.1) is 11.3 Å². The zero-order valence-corrected chi connectivity index (χ0v) is 17.8. The molecule has 0 bridgehead atoms. The van der Waals surface area contributed by atoms with E-state index in [1.807, 2.05) is 18.2 Å². The molecule has 6 nitrogen and oxygen atoms in total. The number of halogens is 1. The first-order valence-electron chi connectivity index (χ1n) is 9.88. The minimum absolute atomic E-state index is 0. The van der Waals surface area contributed by atoms with E-state index in [0.717, 1.165) is 36.6 Å². The number of nitrogens with one attached hydrogen (secondary N) is 1. The predicted octanol–water partition coefficient (Wildman–Crippen LogP) is 3.54. The molecule has 2 aliphatic carbocycles. The molecule has 1 aromatic rings. The van der Waals surface area contributed by atoms with E-state index < -0.39 is 0 Å². The van der Waals surface area contributed by atoms with Crippen LogP contribution in [0.25, 0.3) is 0 Å². The highest BCUT2D eigenvalue weighted by molar-refractivity contribution is 14.0. The molecule has 27 heavy (non-hydrogen) atoms. The summed E-state index contributed by atoms with van der Waals surface area (Å²) in [4.78, 5) is 4.92. The van der Waals surface area contributed by atoms with Crippen LogP contribution in [-0.2, 0) is 4.74 Å². The van der Waals surface area contributed by atoms with Crippen molar-refractivity contribution >= 4 is 35.6 Å². The standard InChI is InChI=1S/C20H27N3O3.HI/c21-19(22-13-4-5-15-16(12-13)25-10-3-9-24-15)23-17-14-6-11-26-18(14)20(17)7-1-2-8-20;/h4-5,12,14,17-18H,1-3,6-11H2,(H3,21,22,23);1H. The lowest BCUT2D eigenvalue weighted by atomic mass is 9.54. The van der Waals surface area contributed by atoms with Crippen LogP contribution in [0.1, 0.15) is 38.5 Å². The summed E-state index contributed by atoms with van der Waals surface area (Å²) in [5, 5.41) is 3.25. The molecule has 0 aromatic heterocycles. The summed E-state index contributed by atoms with van der Waals surface area (Å²) in [7, 11) is 0. The van der Waals surface area contributed by atoms with Gasteiger partial charge in [-0.1, -0.05) is 12.8 Å². The van der Waals surface area contributed by atoms with Gasteiger partial charge < -0.3 is 25.3 Å². The Labute approximate surface area is 177 Å². The zero-order chi connectivity index (χ0) is 17.6. The Balaban J connectivity index is 0.00000180. The van der Waals surface area contributed by atoms with Crippen molar-refractivity contribution in [2.75, 3.05) is 25.1 Å². The minimum Gasteiger partial charge on any atom is -0.490 e. The van der Waals surface area contributed by atoms with Gasteiger partial charge in [-0.05, 0) is 31.4 Å². The molecule has 2 saturated carbocycles. The number of benzene rings is 1. The van der Waals surface area contributed by atoms with Crippen LogP contribution in [0.4, 0.5) is 5.69 Å². The van der Waals surface area contributed by atoms with Crippen LogP contribution in [0.5, 0.6) is 11.5 Å². The Morgan fingerprint density at radius 2 is 1.85 bits per heavy atom. The highest BCUT2D eigenvalue weighted by Gasteiger charge is 2.65. The van der Waals surface area contributed by atoms with Gasteiger partial charge in [-0.25, -0.2) is 4.99 Å². The smallest absolute Gasteiger partial charge is 0.193 e. The fraction of sp³-hybridized carbons (Fsp3) is 0.650. The number of rotatable bonds is 2. The van der Waals surface area contributed by atoms with Crippen LogP contribution in [0.3, 0.4) is 0 Å². The Kier molecular flexibility index (Phi) is 5.42. The molecule has 1 aromatic carbocycles. The van der Waals surface area contributed by atoms with Crippen molar-refractivity contribution in [2.45, 2.75) is 50.7 Å². The topological polar surface area (TPSA) is 78.1 Å². The molecule has 3 atom stereocenters. The van der Waals surface area contributed by atoms with E-state index in [4.69, 9.17) is 24.9 Å². The van der Waals surface area contributed by atoms with Crippen molar-refractivity contribution in [2.24, 2.45) is 22.1 Å². The normalized spacial score (nSPS) is 30.8. The second-order valence-electron chi connectivity index (χ2n) is 7.98. The van der Waals surface area contributed by atoms with Gasteiger partial charge in [0.25, 0.3) is 0 Å². The van der Waals surface area contributed by atoms with Gasteiger partial charge in [0, 0.05) is 36.1 Å². The summed E-state index contributed by atoms with van der Waals surface area (Å²) in [6.07, 6.45) is 7.43. The van der Waals surface area contributed by atoms with Gasteiger partial charge in [0.15, 0.2) is 17.5 Å². The third-order valence-corrected chi connectivity index (χ3v) is 6.53. The second kappa shape index (κ2) is 7.66. The van der Waals surface area contributed by atoms with Crippen molar-refractivity contribution in [1.82, 2.24) is 0 Å². The molecule has 1 spiro atoms. The van der Waals surface area contributed by atoms with Gasteiger partial charge in [-0.15, -0.1) is 24.0 Å². The molecule has 148 valence electrons. The van der Waals surface area contributed by atoms with E-state index in [-0.39, 0.29) is 29.4 Å². The first kappa shape index (κ1) is 19.1. The van der Waals surface area contributed by atoms with Crippen molar-refractivity contribution in [3.8, 4) is 11.5 Å². The van der Waals surface area contributed by atoms with E-state index in [1.165, 1.54) is 25.7 Å². The van der Waals surface area contributed by atoms with E-state index in [2.05, 4.69) is 5.32 Å². The number of hydrogen-bond acceptors (Lipinski definition) is 4. The van der Waals surface area contributed by atoms with Gasteiger partial charge in [0.05, 0.1) is 25.4 Å². The molecule has 3 N–H and O–H groups in total. The number of guanidine groups is 1. The molecule has 3 fully saturated rings. The number of aliphatic imine (C=N–C) groups is 1. The summed E-state index contributed by atoms with van der Waals surface area (Å²) < 4.78 is 17.5. The maximum atomic E-state index is 6.28. The summed E-state index contributed by atoms with van der Waals surface area (Å²) in [6, 6.07) is 6.13. The molecular formula is C20H28IN3O3. The van der Waals surface area contributed by atoms with Gasteiger partial charge in [-0.3, -0.25) is 0 Å². The summed E-state index contributed by atoms with van der Waals surface area (Å²) in [5.41, 5.74) is 7.40. The third kappa shape index (κ3) is 3.26. The lowest BCUT2D eigenvalue weighted by Crippen LogP contribution is -2.61. The van der Waals surface area contributed by atoms with Gasteiger partial charge >= 0.3 is 0 Å². The monoisotopic (exact) mass is 485 g/mol. The number of hydrogen-bond donors (Lipinski definition) is 2. The molecule has 2 aliphatic heterocycles. The molecule has 5 rings (SSSR count). The lowest BCUT2D eigenvalue weighted by molar-refractivity contribution is -0.117. The zero-order valence-electron chi connectivity index (χ0n) is 15.5. The number of nitrogens with zero attached hydrogens (tertiary/aromatic N) is 1. The van der Waals surface area contributed by atoms with Crippen molar-refractivity contribution in [3.63, 3.8) is 0 Å². The highest BCUT2D eigenvalue weighted by atomic mass is 127. The number of fused-ring (bicyclic) bond motifs is 3. The maximum absolute atomic E-state index is 6.28. The maximum Gasteiger partial charge on any atom is 0.193 e. The fourth-order valence-electron chi connectivity index (χ4n) is 5.41. The van der Waals surface area contributed by atoms with Crippen LogP contribution in [0.15, 0.2) is 23.2 Å². The number of anilines is 1. The van der Waals surface area contributed by atoms with Gasteiger partial charge in [0.1, 0.15) is 0 Å². The fourth-order valence-corrected chi connectivity index (χ4v) is 5.41. The molecule has 2 heterocycles. The van der Waals surface area contributed by atoms with Crippen molar-refractivity contribution in [3.05, 3.63) is 18.2 Å². The lowest BCUT2D eigenvalue weighted by Gasteiger charge is -2.54. The van der Waals surface area contributed by atoms with E-state index >= 15 is 0 Å². The first-order chi connectivity index (χ1) is 12.8. The largest absolute Gasteiger partial charge is 0.490 e. The van der Waals surface area contributed by atoms with Crippen molar-refractivity contribution < 1.29 is 14.2 Å². The Morgan fingerprint density at radius 3 is 2.67 bits per heavy atom. The molecule has 7 heteroatoms. The SMILES string of the molecule is I.NC(=NC1C2CCOC2C12CCCC2)Nc1ccc2c(c1)OCCCO2. The predicted molar refractivity (Wildman–Crippen MR) is 115 cm³/mol. The Bertz CT molecular complexity index is 720. The van der Waals surface area contributed by atoms with Gasteiger partial charge in [0.2, 0.25) is 0 Å². The number of ether oxygens (including phenoxy) is 3. The summed E-state index contributed by atoms with van der Waals surface area (Å²) in [6.45, 7) is 2.24. The Hall–Kier alpha value is -1.22. The van der Waals surface area contributed by atoms with Crippen molar-refractivity contribution in [1.29, 1.82) is 0 Å².